The molecule has 0 aliphatic heterocycles. The zero-order chi connectivity index (χ0) is 12.5. The van der Waals surface area contributed by atoms with E-state index in [0.717, 1.165) is 16.5 Å². The summed E-state index contributed by atoms with van der Waals surface area (Å²) in [5, 5.41) is 16.7. The Balaban J connectivity index is 2.13. The fourth-order valence-electron chi connectivity index (χ4n) is 1.82. The first-order valence-electron chi connectivity index (χ1n) is 5.37. The summed E-state index contributed by atoms with van der Waals surface area (Å²) in [6.07, 6.45) is 3.22. The van der Waals surface area contributed by atoms with E-state index in [0.29, 0.717) is 5.69 Å². The van der Waals surface area contributed by atoms with Crippen molar-refractivity contribution in [2.24, 2.45) is 0 Å². The smallest absolute Gasteiger partial charge is 0.335 e. The van der Waals surface area contributed by atoms with Crippen molar-refractivity contribution in [1.29, 1.82) is 0 Å². The van der Waals surface area contributed by atoms with Crippen LogP contribution in [-0.2, 0) is 0 Å². The van der Waals surface area contributed by atoms with Gasteiger partial charge in [0.25, 0.3) is 0 Å². The molecule has 2 aromatic heterocycles. The maximum Gasteiger partial charge on any atom is 0.335 e. The summed E-state index contributed by atoms with van der Waals surface area (Å²) in [5.74, 6) is -0.956. The molecule has 0 radical (unpaired) electrons. The lowest BCUT2D eigenvalue weighted by Gasteiger charge is -2.02. The zero-order valence-corrected chi connectivity index (χ0v) is 9.29. The van der Waals surface area contributed by atoms with E-state index in [9.17, 15) is 4.79 Å². The summed E-state index contributed by atoms with van der Waals surface area (Å²) < 4.78 is 0. The third-order valence-electron chi connectivity index (χ3n) is 2.74. The van der Waals surface area contributed by atoms with E-state index < -0.39 is 5.97 Å². The first-order valence-corrected chi connectivity index (χ1v) is 5.37. The number of hydrogen-bond acceptors (Lipinski definition) is 3. The number of aromatic nitrogens is 3. The van der Waals surface area contributed by atoms with Crippen LogP contribution < -0.4 is 0 Å². The number of hydrogen-bond donors (Lipinski definition) is 2. The minimum absolute atomic E-state index is 0.229. The second kappa shape index (κ2) is 3.96. The number of carboxylic acids is 1. The van der Waals surface area contributed by atoms with Crippen molar-refractivity contribution in [3.63, 3.8) is 0 Å². The molecule has 2 N–H and O–H groups in total. The van der Waals surface area contributed by atoms with Crippen LogP contribution in [0.3, 0.4) is 0 Å². The van der Waals surface area contributed by atoms with Gasteiger partial charge in [-0.15, -0.1) is 0 Å². The summed E-state index contributed by atoms with van der Waals surface area (Å²) >= 11 is 0. The van der Waals surface area contributed by atoms with Gasteiger partial charge < -0.3 is 5.11 Å². The molecule has 3 aromatic rings. The maximum absolute atomic E-state index is 10.9. The van der Waals surface area contributed by atoms with Gasteiger partial charge in [0, 0.05) is 17.1 Å². The molecule has 0 aliphatic rings. The highest BCUT2D eigenvalue weighted by atomic mass is 16.4. The van der Waals surface area contributed by atoms with Crippen LogP contribution in [0.25, 0.3) is 22.2 Å². The first-order chi connectivity index (χ1) is 8.74. The SMILES string of the molecule is O=C(O)c1ccnc(-c2ccc3[nH]ncc3c2)c1. The first kappa shape index (κ1) is 10.5. The van der Waals surface area contributed by atoms with E-state index in [1.807, 2.05) is 18.2 Å². The Bertz CT molecular complexity index is 734. The van der Waals surface area contributed by atoms with Gasteiger partial charge in [0.1, 0.15) is 0 Å². The summed E-state index contributed by atoms with van der Waals surface area (Å²) in [4.78, 5) is 15.1. The van der Waals surface area contributed by atoms with E-state index in [4.69, 9.17) is 5.11 Å². The average Bonchev–Trinajstić information content (AvgIpc) is 2.86. The van der Waals surface area contributed by atoms with Gasteiger partial charge in [0.15, 0.2) is 0 Å². The van der Waals surface area contributed by atoms with Crippen LogP contribution in [0.4, 0.5) is 0 Å². The molecular weight excluding hydrogens is 230 g/mol. The average molecular weight is 239 g/mol. The highest BCUT2D eigenvalue weighted by Gasteiger charge is 2.06. The molecule has 0 spiro atoms. The van der Waals surface area contributed by atoms with Gasteiger partial charge in [-0.05, 0) is 24.3 Å². The van der Waals surface area contributed by atoms with Crippen LogP contribution in [0.2, 0.25) is 0 Å². The molecule has 0 unspecified atom stereocenters. The van der Waals surface area contributed by atoms with Crippen molar-refractivity contribution in [3.8, 4) is 11.3 Å². The minimum atomic E-state index is -0.956. The number of pyridine rings is 1. The van der Waals surface area contributed by atoms with Crippen LogP contribution >= 0.6 is 0 Å². The normalized spacial score (nSPS) is 10.7. The van der Waals surface area contributed by atoms with Crippen LogP contribution in [0.1, 0.15) is 10.4 Å². The van der Waals surface area contributed by atoms with Gasteiger partial charge in [-0.3, -0.25) is 10.1 Å². The summed E-state index contributed by atoms with van der Waals surface area (Å²) in [7, 11) is 0. The predicted octanol–water partition coefficient (Wildman–Crippen LogP) is 2.32. The van der Waals surface area contributed by atoms with E-state index in [2.05, 4.69) is 15.2 Å². The second-order valence-electron chi connectivity index (χ2n) is 3.91. The van der Waals surface area contributed by atoms with Gasteiger partial charge >= 0.3 is 5.97 Å². The Morgan fingerprint density at radius 2 is 2.11 bits per heavy atom. The summed E-state index contributed by atoms with van der Waals surface area (Å²) in [5.41, 5.74) is 2.67. The van der Waals surface area contributed by atoms with Crippen molar-refractivity contribution < 1.29 is 9.90 Å². The highest BCUT2D eigenvalue weighted by molar-refractivity contribution is 5.89. The van der Waals surface area contributed by atoms with Crippen LogP contribution in [-0.4, -0.2) is 26.3 Å². The van der Waals surface area contributed by atoms with Crippen molar-refractivity contribution in [1.82, 2.24) is 15.2 Å². The minimum Gasteiger partial charge on any atom is -0.478 e. The molecule has 1 aromatic carbocycles. The highest BCUT2D eigenvalue weighted by Crippen LogP contribution is 2.22. The van der Waals surface area contributed by atoms with E-state index in [1.165, 1.54) is 12.3 Å². The van der Waals surface area contributed by atoms with Gasteiger partial charge in [-0.25, -0.2) is 4.79 Å². The lowest BCUT2D eigenvalue weighted by atomic mass is 10.1. The number of carbonyl (C=O) groups is 1. The zero-order valence-electron chi connectivity index (χ0n) is 9.29. The summed E-state index contributed by atoms with van der Waals surface area (Å²) in [6.45, 7) is 0. The van der Waals surface area contributed by atoms with Crippen molar-refractivity contribution in [2.45, 2.75) is 0 Å². The molecule has 0 saturated heterocycles. The molecule has 0 saturated carbocycles. The molecule has 88 valence electrons. The lowest BCUT2D eigenvalue weighted by molar-refractivity contribution is 0.0697. The largest absolute Gasteiger partial charge is 0.478 e. The third-order valence-corrected chi connectivity index (χ3v) is 2.74. The molecule has 0 aliphatic carbocycles. The van der Waals surface area contributed by atoms with Gasteiger partial charge in [-0.1, -0.05) is 6.07 Å². The Hall–Kier alpha value is -2.69. The summed E-state index contributed by atoms with van der Waals surface area (Å²) in [6, 6.07) is 8.74. The molecule has 18 heavy (non-hydrogen) atoms. The number of fused-ring (bicyclic) bond motifs is 1. The number of benzene rings is 1. The monoisotopic (exact) mass is 239 g/mol. The quantitative estimate of drug-likeness (QED) is 0.719. The standard InChI is InChI=1S/C13H9N3O2/c17-13(18)9-3-4-14-12(6-9)8-1-2-11-10(5-8)7-15-16-11/h1-7H,(H,15,16)(H,17,18). The number of nitrogens with one attached hydrogen (secondary N) is 1. The Morgan fingerprint density at radius 1 is 1.22 bits per heavy atom. The van der Waals surface area contributed by atoms with E-state index >= 15 is 0 Å². The van der Waals surface area contributed by atoms with E-state index in [-0.39, 0.29) is 5.56 Å². The number of nitrogens with zero attached hydrogens (tertiary/aromatic N) is 2. The third kappa shape index (κ3) is 1.71. The molecule has 0 fully saturated rings. The van der Waals surface area contributed by atoms with Gasteiger partial charge in [0.2, 0.25) is 0 Å². The lowest BCUT2D eigenvalue weighted by Crippen LogP contribution is -1.97. The predicted molar refractivity (Wildman–Crippen MR) is 66.3 cm³/mol. The second-order valence-corrected chi connectivity index (χ2v) is 3.91. The van der Waals surface area contributed by atoms with Gasteiger partial charge in [0.05, 0.1) is 23.0 Å². The number of rotatable bonds is 2. The van der Waals surface area contributed by atoms with Gasteiger partial charge in [-0.2, -0.15) is 5.10 Å². The van der Waals surface area contributed by atoms with Crippen molar-refractivity contribution in [2.75, 3.05) is 0 Å². The van der Waals surface area contributed by atoms with Crippen molar-refractivity contribution >= 4 is 16.9 Å². The molecule has 0 amide bonds. The van der Waals surface area contributed by atoms with Crippen LogP contribution in [0.15, 0.2) is 42.7 Å². The molecular formula is C13H9N3O2. The number of H-pyrrole nitrogens is 1. The molecule has 3 rings (SSSR count). The number of carboxylic acid groups (broad SMARTS) is 1. The Kier molecular flexibility index (Phi) is 2.30. The van der Waals surface area contributed by atoms with Crippen LogP contribution in [0, 0.1) is 0 Å². The maximum atomic E-state index is 10.9. The van der Waals surface area contributed by atoms with Crippen molar-refractivity contribution in [3.05, 3.63) is 48.3 Å². The molecule has 0 bridgehead atoms. The molecule has 0 atom stereocenters. The molecule has 2 heterocycles. The number of aromatic carboxylic acids is 1. The topological polar surface area (TPSA) is 78.9 Å². The molecule has 5 nitrogen and oxygen atoms in total. The Morgan fingerprint density at radius 3 is 2.94 bits per heavy atom. The number of aromatic amines is 1. The van der Waals surface area contributed by atoms with E-state index in [1.54, 1.807) is 12.3 Å². The van der Waals surface area contributed by atoms with Crippen LogP contribution in [0.5, 0.6) is 0 Å². The fraction of sp³-hybridized carbons (Fsp3) is 0. The fourth-order valence-corrected chi connectivity index (χ4v) is 1.82. The Labute approximate surface area is 102 Å². The molecule has 5 heteroatoms.